The highest BCUT2D eigenvalue weighted by Gasteiger charge is 2.39. The number of hydrogen-bond donors (Lipinski definition) is 1. The summed E-state index contributed by atoms with van der Waals surface area (Å²) in [6, 6.07) is 8.16. The van der Waals surface area contributed by atoms with Crippen LogP contribution >= 0.6 is 0 Å². The summed E-state index contributed by atoms with van der Waals surface area (Å²) in [5.74, 6) is -1.29. The Morgan fingerprint density at radius 3 is 2.56 bits per heavy atom. The van der Waals surface area contributed by atoms with E-state index in [4.69, 9.17) is 4.74 Å². The number of morpholine rings is 1. The van der Waals surface area contributed by atoms with Gasteiger partial charge in [-0.1, -0.05) is 30.3 Å². The van der Waals surface area contributed by atoms with Gasteiger partial charge in [-0.25, -0.2) is 4.79 Å². The lowest BCUT2D eigenvalue weighted by molar-refractivity contribution is -0.165. The van der Waals surface area contributed by atoms with Gasteiger partial charge in [-0.05, 0) is 5.56 Å². The molecule has 1 saturated heterocycles. The SMILES string of the molecule is CC(=O)N1CCO[C@@H](c2ccccc2)[C@@H]1C(=O)O. The van der Waals surface area contributed by atoms with Gasteiger partial charge in [-0.15, -0.1) is 0 Å². The highest BCUT2D eigenvalue weighted by atomic mass is 16.5. The molecule has 0 bridgehead atoms. The van der Waals surface area contributed by atoms with Crippen LogP contribution in [0.2, 0.25) is 0 Å². The molecule has 1 heterocycles. The van der Waals surface area contributed by atoms with E-state index < -0.39 is 18.1 Å². The van der Waals surface area contributed by atoms with E-state index in [1.165, 1.54) is 11.8 Å². The summed E-state index contributed by atoms with van der Waals surface area (Å²) in [6.07, 6.45) is -0.610. The molecule has 1 aromatic carbocycles. The molecule has 1 fully saturated rings. The highest BCUT2D eigenvalue weighted by Crippen LogP contribution is 2.28. The van der Waals surface area contributed by atoms with Crippen LogP contribution < -0.4 is 0 Å². The Kier molecular flexibility index (Phi) is 3.62. The summed E-state index contributed by atoms with van der Waals surface area (Å²) in [7, 11) is 0. The molecule has 1 aliphatic heterocycles. The summed E-state index contributed by atoms with van der Waals surface area (Å²) >= 11 is 0. The molecule has 5 heteroatoms. The van der Waals surface area contributed by atoms with Crippen LogP contribution in [0, 0.1) is 0 Å². The lowest BCUT2D eigenvalue weighted by atomic mass is 9.99. The fraction of sp³-hybridized carbons (Fsp3) is 0.385. The van der Waals surface area contributed by atoms with Crippen LogP contribution in [0.1, 0.15) is 18.6 Å². The number of aliphatic carboxylic acids is 1. The minimum absolute atomic E-state index is 0.244. The number of rotatable bonds is 2. The predicted molar refractivity (Wildman–Crippen MR) is 63.9 cm³/mol. The van der Waals surface area contributed by atoms with Gasteiger partial charge in [0, 0.05) is 13.5 Å². The molecule has 0 saturated carbocycles. The van der Waals surface area contributed by atoms with Crippen LogP contribution in [0.15, 0.2) is 30.3 Å². The first-order valence-corrected chi connectivity index (χ1v) is 5.78. The van der Waals surface area contributed by atoms with Crippen molar-refractivity contribution in [3.8, 4) is 0 Å². The summed E-state index contributed by atoms with van der Waals surface area (Å²) in [5.41, 5.74) is 0.774. The quantitative estimate of drug-likeness (QED) is 0.851. The molecular formula is C13H15NO4. The molecule has 2 atom stereocenters. The maximum Gasteiger partial charge on any atom is 0.329 e. The van der Waals surface area contributed by atoms with Gasteiger partial charge in [0.1, 0.15) is 6.10 Å². The smallest absolute Gasteiger partial charge is 0.329 e. The lowest BCUT2D eigenvalue weighted by Gasteiger charge is -2.38. The normalized spacial score (nSPS) is 23.7. The molecule has 1 aliphatic rings. The number of carboxylic acid groups (broad SMARTS) is 1. The topological polar surface area (TPSA) is 66.8 Å². The largest absolute Gasteiger partial charge is 0.480 e. The fourth-order valence-corrected chi connectivity index (χ4v) is 2.21. The second kappa shape index (κ2) is 5.18. The van der Waals surface area contributed by atoms with Crippen molar-refractivity contribution in [2.45, 2.75) is 19.1 Å². The number of ether oxygens (including phenoxy) is 1. The summed E-state index contributed by atoms with van der Waals surface area (Å²) < 4.78 is 5.54. The zero-order valence-corrected chi connectivity index (χ0v) is 10.1. The van der Waals surface area contributed by atoms with Gasteiger partial charge in [-0.2, -0.15) is 0 Å². The van der Waals surface area contributed by atoms with Crippen LogP contribution in [0.3, 0.4) is 0 Å². The second-order valence-electron chi connectivity index (χ2n) is 4.20. The van der Waals surface area contributed by atoms with Crippen LogP contribution in [0.5, 0.6) is 0 Å². The Balaban J connectivity index is 2.33. The molecule has 1 amide bonds. The molecule has 0 aromatic heterocycles. The van der Waals surface area contributed by atoms with Gasteiger partial charge < -0.3 is 14.7 Å². The Morgan fingerprint density at radius 2 is 2.00 bits per heavy atom. The van der Waals surface area contributed by atoms with E-state index in [0.29, 0.717) is 13.2 Å². The van der Waals surface area contributed by atoms with Crippen molar-refractivity contribution in [3.05, 3.63) is 35.9 Å². The van der Waals surface area contributed by atoms with E-state index in [1.54, 1.807) is 0 Å². The van der Waals surface area contributed by atoms with Gasteiger partial charge in [-0.3, -0.25) is 4.79 Å². The van der Waals surface area contributed by atoms with Gasteiger partial charge in [0.15, 0.2) is 6.04 Å². The van der Waals surface area contributed by atoms with E-state index >= 15 is 0 Å². The molecule has 1 aromatic rings. The fourth-order valence-electron chi connectivity index (χ4n) is 2.21. The van der Waals surface area contributed by atoms with Crippen LogP contribution in [0.4, 0.5) is 0 Å². The Bertz CT molecular complexity index is 446. The number of nitrogens with zero attached hydrogens (tertiary/aromatic N) is 1. The number of benzene rings is 1. The summed E-state index contributed by atoms with van der Waals surface area (Å²) in [4.78, 5) is 24.2. The summed E-state index contributed by atoms with van der Waals surface area (Å²) in [6.45, 7) is 2.04. The van der Waals surface area contributed by atoms with Crippen molar-refractivity contribution >= 4 is 11.9 Å². The molecule has 0 spiro atoms. The molecular weight excluding hydrogens is 234 g/mol. The number of carbonyl (C=O) groups excluding carboxylic acids is 1. The van der Waals surface area contributed by atoms with Crippen molar-refractivity contribution < 1.29 is 19.4 Å². The third-order valence-corrected chi connectivity index (χ3v) is 3.04. The maximum absolute atomic E-state index is 11.5. The van der Waals surface area contributed by atoms with Crippen molar-refractivity contribution in [1.82, 2.24) is 4.90 Å². The van der Waals surface area contributed by atoms with E-state index in [0.717, 1.165) is 5.56 Å². The number of carboxylic acids is 1. The van der Waals surface area contributed by atoms with Crippen LogP contribution in [0.25, 0.3) is 0 Å². The van der Waals surface area contributed by atoms with Crippen LogP contribution in [-0.2, 0) is 14.3 Å². The van der Waals surface area contributed by atoms with E-state index in [-0.39, 0.29) is 5.91 Å². The molecule has 0 radical (unpaired) electrons. The third kappa shape index (κ3) is 2.36. The first-order valence-electron chi connectivity index (χ1n) is 5.78. The molecule has 96 valence electrons. The number of carbonyl (C=O) groups is 2. The highest BCUT2D eigenvalue weighted by molar-refractivity contribution is 5.83. The average molecular weight is 249 g/mol. The monoisotopic (exact) mass is 249 g/mol. The molecule has 5 nitrogen and oxygen atoms in total. The second-order valence-corrected chi connectivity index (χ2v) is 4.20. The van der Waals surface area contributed by atoms with Crippen molar-refractivity contribution in [2.24, 2.45) is 0 Å². The zero-order valence-electron chi connectivity index (χ0n) is 10.1. The molecule has 0 aliphatic carbocycles. The third-order valence-electron chi connectivity index (χ3n) is 3.04. The Morgan fingerprint density at radius 1 is 1.33 bits per heavy atom. The number of hydrogen-bond acceptors (Lipinski definition) is 3. The van der Waals surface area contributed by atoms with Gasteiger partial charge >= 0.3 is 5.97 Å². The van der Waals surface area contributed by atoms with Gasteiger partial charge in [0.25, 0.3) is 0 Å². The standard InChI is InChI=1S/C13H15NO4/c1-9(15)14-7-8-18-12(11(14)13(16)17)10-5-3-2-4-6-10/h2-6,11-12H,7-8H2,1H3,(H,16,17)/t11-,12+/m1/s1. The predicted octanol–water partition coefficient (Wildman–Crippen LogP) is 1.06. The first kappa shape index (κ1) is 12.6. The lowest BCUT2D eigenvalue weighted by Crippen LogP contribution is -2.53. The molecule has 18 heavy (non-hydrogen) atoms. The van der Waals surface area contributed by atoms with E-state index in [1.807, 2.05) is 30.3 Å². The van der Waals surface area contributed by atoms with Crippen LogP contribution in [-0.4, -0.2) is 41.1 Å². The maximum atomic E-state index is 11.5. The van der Waals surface area contributed by atoms with Crippen molar-refractivity contribution in [3.63, 3.8) is 0 Å². The molecule has 1 N–H and O–H groups in total. The van der Waals surface area contributed by atoms with Gasteiger partial charge in [0.2, 0.25) is 5.91 Å². The molecule has 0 unspecified atom stereocenters. The van der Waals surface area contributed by atoms with Crippen molar-refractivity contribution in [2.75, 3.05) is 13.2 Å². The number of amides is 1. The minimum Gasteiger partial charge on any atom is -0.480 e. The average Bonchev–Trinajstić information content (AvgIpc) is 2.38. The summed E-state index contributed by atoms with van der Waals surface area (Å²) in [5, 5.41) is 9.32. The minimum atomic E-state index is -1.04. The Hall–Kier alpha value is -1.88. The zero-order chi connectivity index (χ0) is 13.1. The van der Waals surface area contributed by atoms with E-state index in [9.17, 15) is 14.7 Å². The first-order chi connectivity index (χ1) is 8.61. The molecule has 2 rings (SSSR count). The van der Waals surface area contributed by atoms with Crippen molar-refractivity contribution in [1.29, 1.82) is 0 Å². The Labute approximate surface area is 105 Å². The van der Waals surface area contributed by atoms with E-state index in [2.05, 4.69) is 0 Å². The van der Waals surface area contributed by atoms with Gasteiger partial charge in [0.05, 0.1) is 6.61 Å².